The van der Waals surface area contributed by atoms with Gasteiger partial charge in [0.1, 0.15) is 18.1 Å². The number of ether oxygens (including phenoxy) is 2. The number of halogens is 2. The second-order valence-corrected chi connectivity index (χ2v) is 12.8. The standard InChI is InChI=1S/C36H29BrClN3O4S/c1-3-44-28-16-12-25(13-17-28)33-32(34(42)40-27-7-5-4-6-8-27)22(2)39-36-41(33)35(43)31(46-36)20-24-11-18-30(29(37)19-24)45-21-23-9-14-26(38)15-10-23/h4-20,33H,3,21H2,1-2H3,(H,40,42)/b31-20-/t33-/m1/s1. The molecule has 1 aliphatic heterocycles. The predicted molar refractivity (Wildman–Crippen MR) is 186 cm³/mol. The van der Waals surface area contributed by atoms with Crippen LogP contribution in [0.5, 0.6) is 11.5 Å². The maximum atomic E-state index is 14.1. The highest BCUT2D eigenvalue weighted by atomic mass is 79.9. The molecule has 0 unspecified atom stereocenters. The molecular weight excluding hydrogens is 686 g/mol. The first-order chi connectivity index (χ1) is 22.3. The number of carbonyl (C=O) groups excluding carboxylic acids is 1. The van der Waals surface area contributed by atoms with E-state index < -0.39 is 6.04 Å². The summed E-state index contributed by atoms with van der Waals surface area (Å²) in [6.07, 6.45) is 1.83. The van der Waals surface area contributed by atoms with Crippen molar-refractivity contribution in [3.8, 4) is 11.5 Å². The molecule has 46 heavy (non-hydrogen) atoms. The quantitative estimate of drug-likeness (QED) is 0.174. The summed E-state index contributed by atoms with van der Waals surface area (Å²) in [5, 5.41) is 3.65. The van der Waals surface area contributed by atoms with E-state index in [-0.39, 0.29) is 11.5 Å². The fourth-order valence-electron chi connectivity index (χ4n) is 5.18. The molecule has 4 aromatic carbocycles. The summed E-state index contributed by atoms with van der Waals surface area (Å²) in [5.41, 5.74) is 3.94. The van der Waals surface area contributed by atoms with Gasteiger partial charge in [-0.2, -0.15) is 0 Å². The lowest BCUT2D eigenvalue weighted by Crippen LogP contribution is -2.40. The molecule has 0 radical (unpaired) electrons. The van der Waals surface area contributed by atoms with E-state index in [0.29, 0.717) is 56.0 Å². The summed E-state index contributed by atoms with van der Waals surface area (Å²) in [5.74, 6) is 1.06. The number of benzene rings is 4. The van der Waals surface area contributed by atoms with E-state index in [0.717, 1.165) is 21.2 Å². The Hall–Kier alpha value is -4.44. The lowest BCUT2D eigenvalue weighted by Gasteiger charge is -2.25. The van der Waals surface area contributed by atoms with Gasteiger partial charge < -0.3 is 14.8 Å². The molecule has 0 spiro atoms. The highest BCUT2D eigenvalue weighted by Gasteiger charge is 2.32. The zero-order valence-corrected chi connectivity index (χ0v) is 28.2. The number of hydrogen-bond donors (Lipinski definition) is 1. The Morgan fingerprint density at radius 2 is 1.76 bits per heavy atom. The highest BCUT2D eigenvalue weighted by Crippen LogP contribution is 2.32. The van der Waals surface area contributed by atoms with Crippen molar-refractivity contribution in [3.05, 3.63) is 154 Å². The van der Waals surface area contributed by atoms with Crippen LogP contribution in [0, 0.1) is 0 Å². The number of nitrogens with zero attached hydrogens (tertiary/aromatic N) is 2. The normalized spacial score (nSPS) is 14.4. The van der Waals surface area contributed by atoms with Crippen molar-refractivity contribution in [2.24, 2.45) is 4.99 Å². The second kappa shape index (κ2) is 13.9. The van der Waals surface area contributed by atoms with Crippen molar-refractivity contribution in [2.75, 3.05) is 11.9 Å². The fourth-order valence-corrected chi connectivity index (χ4v) is 6.86. The number of anilines is 1. The molecule has 5 aromatic rings. The highest BCUT2D eigenvalue weighted by molar-refractivity contribution is 9.10. The largest absolute Gasteiger partial charge is 0.494 e. The Labute approximate surface area is 283 Å². The summed E-state index contributed by atoms with van der Waals surface area (Å²) in [6, 6.07) is 29.2. The van der Waals surface area contributed by atoms with Gasteiger partial charge in [0.15, 0.2) is 4.80 Å². The van der Waals surface area contributed by atoms with Crippen molar-refractivity contribution >= 4 is 56.5 Å². The molecule has 1 atom stereocenters. The number of allylic oxidation sites excluding steroid dienone is 1. The molecule has 1 aliphatic rings. The minimum absolute atomic E-state index is 0.237. The van der Waals surface area contributed by atoms with Gasteiger partial charge in [-0.15, -0.1) is 0 Å². The monoisotopic (exact) mass is 713 g/mol. The Balaban J connectivity index is 1.36. The molecule has 1 N–H and O–H groups in total. The third kappa shape index (κ3) is 6.87. The number of thiazole rings is 1. The van der Waals surface area contributed by atoms with E-state index in [1.54, 1.807) is 11.5 Å². The average molecular weight is 715 g/mol. The van der Waals surface area contributed by atoms with Crippen LogP contribution in [-0.2, 0) is 11.4 Å². The van der Waals surface area contributed by atoms with Gasteiger partial charge in [0.2, 0.25) is 0 Å². The summed E-state index contributed by atoms with van der Waals surface area (Å²) in [7, 11) is 0. The topological polar surface area (TPSA) is 81.9 Å². The van der Waals surface area contributed by atoms with Crippen molar-refractivity contribution in [2.45, 2.75) is 26.5 Å². The van der Waals surface area contributed by atoms with Crippen molar-refractivity contribution in [1.82, 2.24) is 4.57 Å². The Morgan fingerprint density at radius 3 is 2.46 bits per heavy atom. The molecule has 0 aliphatic carbocycles. The fraction of sp³-hybridized carbons (Fsp3) is 0.139. The van der Waals surface area contributed by atoms with Crippen LogP contribution in [0.2, 0.25) is 5.02 Å². The van der Waals surface area contributed by atoms with Crippen LogP contribution in [0.15, 0.2) is 123 Å². The van der Waals surface area contributed by atoms with Crippen LogP contribution in [0.3, 0.4) is 0 Å². The molecule has 0 bridgehead atoms. The van der Waals surface area contributed by atoms with Gasteiger partial charge in [-0.1, -0.05) is 71.5 Å². The van der Waals surface area contributed by atoms with E-state index in [1.807, 2.05) is 110 Å². The molecule has 6 rings (SSSR count). The number of para-hydroxylation sites is 1. The smallest absolute Gasteiger partial charge is 0.271 e. The van der Waals surface area contributed by atoms with Crippen LogP contribution >= 0.6 is 38.9 Å². The molecule has 0 fully saturated rings. The maximum absolute atomic E-state index is 14.1. The van der Waals surface area contributed by atoms with Gasteiger partial charge in [0.05, 0.1) is 32.9 Å². The third-order valence-corrected chi connectivity index (χ3v) is 9.22. The van der Waals surface area contributed by atoms with Gasteiger partial charge in [0.25, 0.3) is 11.5 Å². The molecule has 10 heteroatoms. The molecule has 0 saturated carbocycles. The molecule has 1 aromatic heterocycles. The molecule has 232 valence electrons. The number of amides is 1. The molecule has 2 heterocycles. The summed E-state index contributed by atoms with van der Waals surface area (Å²) in [4.78, 5) is 33.1. The van der Waals surface area contributed by atoms with Gasteiger partial charge >= 0.3 is 0 Å². The van der Waals surface area contributed by atoms with E-state index in [1.165, 1.54) is 11.3 Å². The van der Waals surface area contributed by atoms with Crippen molar-refractivity contribution in [1.29, 1.82) is 0 Å². The predicted octanol–water partition coefficient (Wildman–Crippen LogP) is 7.27. The van der Waals surface area contributed by atoms with E-state index >= 15 is 0 Å². The summed E-state index contributed by atoms with van der Waals surface area (Å²) >= 11 is 10.9. The van der Waals surface area contributed by atoms with Gasteiger partial charge in [-0.25, -0.2) is 4.99 Å². The van der Waals surface area contributed by atoms with Crippen LogP contribution in [0.25, 0.3) is 6.08 Å². The average Bonchev–Trinajstić information content (AvgIpc) is 3.35. The third-order valence-electron chi connectivity index (χ3n) is 7.37. The molecule has 1 amide bonds. The van der Waals surface area contributed by atoms with E-state index in [9.17, 15) is 9.59 Å². The summed E-state index contributed by atoms with van der Waals surface area (Å²) < 4.78 is 14.5. The first-order valence-electron chi connectivity index (χ1n) is 14.6. The SMILES string of the molecule is CCOc1ccc([C@@H]2C(C(=O)Nc3ccccc3)=C(C)N=c3s/c(=C\c4ccc(OCc5ccc(Cl)cc5)c(Br)c4)c(=O)n32)cc1. The van der Waals surface area contributed by atoms with Crippen LogP contribution < -0.4 is 29.7 Å². The van der Waals surface area contributed by atoms with Crippen LogP contribution in [0.1, 0.15) is 36.6 Å². The zero-order valence-electron chi connectivity index (χ0n) is 25.0. The van der Waals surface area contributed by atoms with Crippen molar-refractivity contribution < 1.29 is 14.3 Å². The lowest BCUT2D eigenvalue weighted by atomic mass is 9.95. The zero-order chi connectivity index (χ0) is 32.2. The maximum Gasteiger partial charge on any atom is 0.271 e. The Morgan fingerprint density at radius 1 is 1.02 bits per heavy atom. The number of rotatable bonds is 9. The number of fused-ring (bicyclic) bond motifs is 1. The van der Waals surface area contributed by atoms with Gasteiger partial charge in [-0.05, 0) is 101 Å². The van der Waals surface area contributed by atoms with Gasteiger partial charge in [-0.3, -0.25) is 14.2 Å². The number of aromatic nitrogens is 1. The van der Waals surface area contributed by atoms with Crippen LogP contribution in [-0.4, -0.2) is 17.1 Å². The summed E-state index contributed by atoms with van der Waals surface area (Å²) in [6.45, 7) is 4.64. The second-order valence-electron chi connectivity index (χ2n) is 10.5. The first-order valence-corrected chi connectivity index (χ1v) is 16.6. The van der Waals surface area contributed by atoms with E-state index in [2.05, 4.69) is 21.2 Å². The van der Waals surface area contributed by atoms with E-state index in [4.69, 9.17) is 26.1 Å². The number of hydrogen-bond acceptors (Lipinski definition) is 6. The van der Waals surface area contributed by atoms with Crippen molar-refractivity contribution in [3.63, 3.8) is 0 Å². The minimum atomic E-state index is -0.687. The Kier molecular flexibility index (Phi) is 9.53. The lowest BCUT2D eigenvalue weighted by molar-refractivity contribution is -0.113. The van der Waals surface area contributed by atoms with Crippen LogP contribution in [0.4, 0.5) is 5.69 Å². The Bertz CT molecular complexity index is 2110. The minimum Gasteiger partial charge on any atom is -0.494 e. The molecule has 0 saturated heterocycles. The number of nitrogens with one attached hydrogen (secondary N) is 1. The molecule has 7 nitrogen and oxygen atoms in total. The first kappa shape index (κ1) is 31.5. The van der Waals surface area contributed by atoms with Gasteiger partial charge in [0, 0.05) is 10.7 Å². The number of carbonyl (C=O) groups is 1. The molecular formula is C36H29BrClN3O4S.